The lowest BCUT2D eigenvalue weighted by Crippen LogP contribution is -2.40. The van der Waals surface area contributed by atoms with Crippen LogP contribution in [0.5, 0.6) is 0 Å². The van der Waals surface area contributed by atoms with Gasteiger partial charge in [0.1, 0.15) is 6.04 Å². The number of carboxylic acids is 1. The van der Waals surface area contributed by atoms with Crippen molar-refractivity contribution in [3.8, 4) is 0 Å². The van der Waals surface area contributed by atoms with E-state index in [9.17, 15) is 14.7 Å². The average Bonchev–Trinajstić information content (AvgIpc) is 3.21. The minimum absolute atomic E-state index is 0.202. The third kappa shape index (κ3) is 3.79. The van der Waals surface area contributed by atoms with E-state index in [1.807, 2.05) is 19.1 Å². The number of carboxylic acid groups (broad SMARTS) is 1. The van der Waals surface area contributed by atoms with Crippen molar-refractivity contribution < 1.29 is 14.7 Å². The average molecular weight is 362 g/mol. The maximum absolute atomic E-state index is 12.5. The van der Waals surface area contributed by atoms with Crippen molar-refractivity contribution in [2.75, 3.05) is 6.54 Å². The van der Waals surface area contributed by atoms with Gasteiger partial charge in [-0.25, -0.2) is 9.78 Å². The van der Waals surface area contributed by atoms with E-state index in [-0.39, 0.29) is 5.91 Å². The first-order chi connectivity index (χ1) is 11.5. The SMILES string of the molecule is Cc1nc(CSc2ccc(C(=O)N3CCC[C@H]3C(=O)O)cc2)cs1. The predicted octanol–water partition coefficient (Wildman–Crippen LogP) is 3.43. The fraction of sp³-hybridized carbons (Fsp3) is 0.353. The molecule has 0 aliphatic carbocycles. The molecule has 1 aliphatic rings. The highest BCUT2D eigenvalue weighted by Gasteiger charge is 2.34. The van der Waals surface area contributed by atoms with Gasteiger partial charge in [-0.1, -0.05) is 0 Å². The number of nitrogens with zero attached hydrogens (tertiary/aromatic N) is 2. The van der Waals surface area contributed by atoms with E-state index in [4.69, 9.17) is 0 Å². The van der Waals surface area contributed by atoms with Gasteiger partial charge in [-0.15, -0.1) is 23.1 Å². The first kappa shape index (κ1) is 17.0. The van der Waals surface area contributed by atoms with E-state index in [0.29, 0.717) is 18.5 Å². The number of aryl methyl sites for hydroxylation is 1. The number of rotatable bonds is 5. The van der Waals surface area contributed by atoms with Crippen molar-refractivity contribution >= 4 is 35.0 Å². The fourth-order valence-electron chi connectivity index (χ4n) is 2.76. The third-order valence-corrected chi connectivity index (χ3v) is 5.82. The maximum atomic E-state index is 12.5. The highest BCUT2D eigenvalue weighted by Crippen LogP contribution is 2.25. The molecule has 5 nitrogen and oxygen atoms in total. The monoisotopic (exact) mass is 362 g/mol. The fourth-order valence-corrected chi connectivity index (χ4v) is 4.27. The molecule has 1 atom stereocenters. The van der Waals surface area contributed by atoms with Crippen LogP contribution in [0.15, 0.2) is 34.5 Å². The van der Waals surface area contributed by atoms with Crippen LogP contribution >= 0.6 is 23.1 Å². The zero-order valence-corrected chi connectivity index (χ0v) is 14.9. The second-order valence-corrected chi connectivity index (χ2v) is 7.78. The molecular formula is C17H18N2O3S2. The molecule has 0 spiro atoms. The topological polar surface area (TPSA) is 70.5 Å². The largest absolute Gasteiger partial charge is 0.480 e. The van der Waals surface area contributed by atoms with Crippen molar-refractivity contribution in [2.24, 2.45) is 0 Å². The highest BCUT2D eigenvalue weighted by atomic mass is 32.2. The lowest BCUT2D eigenvalue weighted by Gasteiger charge is -2.21. The van der Waals surface area contributed by atoms with Gasteiger partial charge < -0.3 is 10.0 Å². The normalized spacial score (nSPS) is 17.2. The lowest BCUT2D eigenvalue weighted by molar-refractivity contribution is -0.141. The van der Waals surface area contributed by atoms with Gasteiger partial charge in [0.15, 0.2) is 0 Å². The Hall–Kier alpha value is -1.86. The summed E-state index contributed by atoms with van der Waals surface area (Å²) in [5, 5.41) is 12.3. The van der Waals surface area contributed by atoms with Gasteiger partial charge in [-0.05, 0) is 44.0 Å². The maximum Gasteiger partial charge on any atom is 0.326 e. The summed E-state index contributed by atoms with van der Waals surface area (Å²) in [5.74, 6) is -0.330. The van der Waals surface area contributed by atoms with Gasteiger partial charge in [0, 0.05) is 28.1 Å². The van der Waals surface area contributed by atoms with E-state index in [2.05, 4.69) is 10.4 Å². The number of aromatic nitrogens is 1. The summed E-state index contributed by atoms with van der Waals surface area (Å²) < 4.78 is 0. The quantitative estimate of drug-likeness (QED) is 0.825. The molecule has 1 amide bonds. The standard InChI is InChI=1S/C17H18N2O3S2/c1-11-18-13(9-23-11)10-24-14-6-4-12(5-7-14)16(20)19-8-2-3-15(19)17(21)22/h4-7,9,15H,2-3,8,10H2,1H3,(H,21,22)/t15-/m0/s1. The van der Waals surface area contributed by atoms with E-state index in [0.717, 1.165) is 27.8 Å². The predicted molar refractivity (Wildman–Crippen MR) is 94.5 cm³/mol. The first-order valence-electron chi connectivity index (χ1n) is 7.72. The van der Waals surface area contributed by atoms with Crippen molar-refractivity contribution in [3.05, 3.63) is 45.9 Å². The second kappa shape index (κ2) is 7.36. The Morgan fingerprint density at radius 3 is 2.75 bits per heavy atom. The number of thioether (sulfide) groups is 1. The van der Waals surface area contributed by atoms with Crippen LogP contribution in [0.25, 0.3) is 0 Å². The molecule has 24 heavy (non-hydrogen) atoms. The number of carbonyl (C=O) groups is 2. The van der Waals surface area contributed by atoms with Gasteiger partial charge in [0.2, 0.25) is 0 Å². The molecule has 1 aliphatic heterocycles. The summed E-state index contributed by atoms with van der Waals surface area (Å²) in [4.78, 5) is 30.7. The van der Waals surface area contributed by atoms with E-state index >= 15 is 0 Å². The molecule has 1 aromatic heterocycles. The smallest absolute Gasteiger partial charge is 0.326 e. The first-order valence-corrected chi connectivity index (χ1v) is 9.59. The Bertz CT molecular complexity index is 743. The molecule has 3 rings (SSSR count). The number of hydrogen-bond donors (Lipinski definition) is 1. The second-order valence-electron chi connectivity index (χ2n) is 5.67. The van der Waals surface area contributed by atoms with Crippen molar-refractivity contribution in [3.63, 3.8) is 0 Å². The molecule has 0 radical (unpaired) electrons. The minimum Gasteiger partial charge on any atom is -0.480 e. The number of benzene rings is 1. The van der Waals surface area contributed by atoms with Crippen LogP contribution in [0.4, 0.5) is 0 Å². The number of amides is 1. The summed E-state index contributed by atoms with van der Waals surface area (Å²) in [6.07, 6.45) is 1.27. The van der Waals surface area contributed by atoms with Crippen LogP contribution in [0, 0.1) is 6.92 Å². The minimum atomic E-state index is -0.924. The summed E-state index contributed by atoms with van der Waals surface area (Å²) in [6, 6.07) is 6.66. The van der Waals surface area contributed by atoms with Crippen LogP contribution in [0.1, 0.15) is 33.9 Å². The Morgan fingerprint density at radius 1 is 1.38 bits per heavy atom. The molecule has 0 saturated carbocycles. The van der Waals surface area contributed by atoms with Crippen LogP contribution in [-0.2, 0) is 10.5 Å². The van der Waals surface area contributed by atoms with Crippen molar-refractivity contribution in [1.29, 1.82) is 0 Å². The van der Waals surface area contributed by atoms with E-state index in [1.54, 1.807) is 35.2 Å². The molecular weight excluding hydrogens is 344 g/mol. The van der Waals surface area contributed by atoms with Gasteiger partial charge in [0.25, 0.3) is 5.91 Å². The molecule has 1 fully saturated rings. The Kier molecular flexibility index (Phi) is 5.20. The highest BCUT2D eigenvalue weighted by molar-refractivity contribution is 7.98. The molecule has 126 valence electrons. The van der Waals surface area contributed by atoms with Crippen molar-refractivity contribution in [2.45, 2.75) is 36.5 Å². The molecule has 7 heteroatoms. The zero-order valence-electron chi connectivity index (χ0n) is 13.3. The van der Waals surface area contributed by atoms with Crippen LogP contribution < -0.4 is 0 Å². The van der Waals surface area contributed by atoms with Gasteiger partial charge in [-0.3, -0.25) is 4.79 Å². The molecule has 0 bridgehead atoms. The number of hydrogen-bond acceptors (Lipinski definition) is 5. The van der Waals surface area contributed by atoms with E-state index in [1.165, 1.54) is 4.90 Å². The molecule has 1 aromatic carbocycles. The summed E-state index contributed by atoms with van der Waals surface area (Å²) in [7, 11) is 0. The summed E-state index contributed by atoms with van der Waals surface area (Å²) >= 11 is 3.31. The van der Waals surface area contributed by atoms with Gasteiger partial charge in [0.05, 0.1) is 10.7 Å². The molecule has 1 N–H and O–H groups in total. The summed E-state index contributed by atoms with van der Waals surface area (Å²) in [6.45, 7) is 2.50. The Morgan fingerprint density at radius 2 is 2.12 bits per heavy atom. The van der Waals surface area contributed by atoms with Crippen LogP contribution in [0.2, 0.25) is 0 Å². The number of aliphatic carboxylic acids is 1. The number of thiazole rings is 1. The van der Waals surface area contributed by atoms with Gasteiger partial charge in [-0.2, -0.15) is 0 Å². The molecule has 2 heterocycles. The Labute approximate surface area is 148 Å². The van der Waals surface area contributed by atoms with Crippen LogP contribution in [-0.4, -0.2) is 39.5 Å². The van der Waals surface area contributed by atoms with Crippen molar-refractivity contribution in [1.82, 2.24) is 9.88 Å². The third-order valence-electron chi connectivity index (χ3n) is 3.95. The lowest BCUT2D eigenvalue weighted by atomic mass is 10.1. The van der Waals surface area contributed by atoms with Crippen LogP contribution in [0.3, 0.4) is 0 Å². The summed E-state index contributed by atoms with van der Waals surface area (Å²) in [5.41, 5.74) is 1.60. The molecule has 1 saturated heterocycles. The van der Waals surface area contributed by atoms with E-state index < -0.39 is 12.0 Å². The number of likely N-dealkylation sites (tertiary alicyclic amines) is 1. The molecule has 2 aromatic rings. The number of carbonyl (C=O) groups excluding carboxylic acids is 1. The molecule has 0 unspecified atom stereocenters. The Balaban J connectivity index is 1.63. The van der Waals surface area contributed by atoms with Gasteiger partial charge >= 0.3 is 5.97 Å². The zero-order chi connectivity index (χ0) is 17.1.